The number of benzene rings is 1. The van der Waals surface area contributed by atoms with Crippen molar-refractivity contribution in [3.8, 4) is 11.5 Å². The average molecular weight is 745 g/mol. The van der Waals surface area contributed by atoms with Crippen LogP contribution in [0.1, 0.15) is 38.4 Å². The lowest BCUT2D eigenvalue weighted by Gasteiger charge is -2.34. The minimum absolute atomic E-state index is 0.0912. The number of halogens is 2. The van der Waals surface area contributed by atoms with Crippen LogP contribution in [-0.2, 0) is 45.3 Å². The Hall–Kier alpha value is -2.50. The van der Waals surface area contributed by atoms with Crippen molar-refractivity contribution in [2.24, 2.45) is 11.3 Å². The topological polar surface area (TPSA) is 86.9 Å². The van der Waals surface area contributed by atoms with Crippen molar-refractivity contribution in [2.75, 3.05) is 51.0 Å². The van der Waals surface area contributed by atoms with Crippen LogP contribution in [0.2, 0.25) is 51.4 Å². The zero-order valence-electron chi connectivity index (χ0n) is 32.2. The molecule has 0 bridgehead atoms. The molecular weight excluding hydrogens is 687 g/mol. The summed E-state index contributed by atoms with van der Waals surface area (Å²) in [5.74, 6) is -1.44. The van der Waals surface area contributed by atoms with Crippen LogP contribution >= 0.6 is 0 Å². The number of fused-ring (bicyclic) bond motifs is 3. The van der Waals surface area contributed by atoms with Crippen LogP contribution in [0.4, 0.5) is 14.5 Å². The highest BCUT2D eigenvalue weighted by atomic mass is 28.3. The fourth-order valence-electron chi connectivity index (χ4n) is 7.45. The van der Waals surface area contributed by atoms with Crippen molar-refractivity contribution in [2.45, 2.75) is 111 Å². The summed E-state index contributed by atoms with van der Waals surface area (Å²) in [5.41, 5.74) is 3.35. The number of amides is 1. The van der Waals surface area contributed by atoms with Gasteiger partial charge < -0.3 is 19.1 Å². The average Bonchev–Trinajstić information content (AvgIpc) is 3.43. The van der Waals surface area contributed by atoms with Crippen LogP contribution in [0.5, 0.6) is 0 Å². The van der Waals surface area contributed by atoms with Gasteiger partial charge in [-0.1, -0.05) is 46.2 Å². The van der Waals surface area contributed by atoms with Crippen molar-refractivity contribution in [3.63, 3.8) is 0 Å². The Kier molecular flexibility index (Phi) is 11.0. The van der Waals surface area contributed by atoms with Gasteiger partial charge in [0.25, 0.3) is 0 Å². The van der Waals surface area contributed by atoms with E-state index in [4.69, 9.17) is 24.3 Å². The number of nitrogens with zero attached hydrogens (tertiary/aromatic N) is 6. The minimum Gasteiger partial charge on any atom is -0.379 e. The molecule has 6 rings (SSSR count). The maximum Gasteiger partial charge on any atom is 0.244 e. The van der Waals surface area contributed by atoms with Crippen LogP contribution in [0, 0.1) is 23.0 Å². The summed E-state index contributed by atoms with van der Waals surface area (Å²) >= 11 is 0. The summed E-state index contributed by atoms with van der Waals surface area (Å²) in [7, 11) is -2.66. The molecule has 0 unspecified atom stereocenters. The predicted molar refractivity (Wildman–Crippen MR) is 203 cm³/mol. The standard InChI is InChI=1S/C37H58F2N6O4Si2/c1-10-43(36(46)25(2)42-11-13-47-14-12-42)28-20-29-34(32(39)31(28)38)40-35(44(29)23-48-15-17-50(4,5)6)33-27-19-26-21-37(26,3)22-30(27)45(41-33)24-49-16-18-51(7,8)9/h20,25-26H,10-19,21-24H2,1-9H3/t25-,26+,37+/m0/s1. The van der Waals surface area contributed by atoms with Gasteiger partial charge in [0.1, 0.15) is 24.7 Å². The third-order valence-corrected chi connectivity index (χ3v) is 14.5. The number of imidazole rings is 1. The van der Waals surface area contributed by atoms with Gasteiger partial charge in [-0.15, -0.1) is 0 Å². The molecule has 51 heavy (non-hydrogen) atoms. The second kappa shape index (κ2) is 14.7. The Morgan fingerprint density at radius 1 is 1.06 bits per heavy atom. The molecule has 10 nitrogen and oxygen atoms in total. The number of ether oxygens (including phenoxy) is 3. The zero-order valence-corrected chi connectivity index (χ0v) is 34.2. The van der Waals surface area contributed by atoms with E-state index in [1.807, 2.05) is 21.1 Å². The van der Waals surface area contributed by atoms with E-state index >= 15 is 8.78 Å². The Labute approximate surface area is 303 Å². The van der Waals surface area contributed by atoms with E-state index in [0.717, 1.165) is 42.6 Å². The second-order valence-corrected chi connectivity index (χ2v) is 28.8. The highest BCUT2D eigenvalue weighted by Gasteiger charge is 2.54. The Bertz CT molecular complexity index is 1750. The minimum atomic E-state index is -1.39. The van der Waals surface area contributed by atoms with Crippen LogP contribution in [-0.4, -0.2) is 98.4 Å². The first-order chi connectivity index (χ1) is 24.0. The van der Waals surface area contributed by atoms with Crippen LogP contribution in [0.15, 0.2) is 6.07 Å². The molecule has 0 spiro atoms. The molecule has 2 fully saturated rings. The Morgan fingerprint density at radius 2 is 1.71 bits per heavy atom. The number of carbonyl (C=O) groups is 1. The van der Waals surface area contributed by atoms with Gasteiger partial charge in [-0.3, -0.25) is 14.3 Å². The summed E-state index contributed by atoms with van der Waals surface area (Å²) in [6.07, 6.45) is 2.91. The molecule has 1 saturated carbocycles. The third kappa shape index (κ3) is 8.20. The van der Waals surface area contributed by atoms with E-state index in [1.165, 1.54) is 4.90 Å². The van der Waals surface area contributed by atoms with Crippen molar-refractivity contribution >= 4 is 38.8 Å². The normalized spacial score (nSPS) is 21.5. The summed E-state index contributed by atoms with van der Waals surface area (Å²) in [6, 6.07) is 3.07. The van der Waals surface area contributed by atoms with Gasteiger partial charge in [-0.25, -0.2) is 18.4 Å². The molecule has 3 heterocycles. The Morgan fingerprint density at radius 3 is 2.33 bits per heavy atom. The molecular formula is C37H58F2N6O4Si2. The number of hydrogen-bond donors (Lipinski definition) is 0. The fraction of sp³-hybridized carbons (Fsp3) is 0.703. The molecule has 1 amide bonds. The van der Waals surface area contributed by atoms with E-state index in [0.29, 0.717) is 69.2 Å². The zero-order chi connectivity index (χ0) is 36.9. The number of anilines is 1. The summed E-state index contributed by atoms with van der Waals surface area (Å²) in [4.78, 5) is 22.0. The quantitative estimate of drug-likeness (QED) is 0.122. The molecule has 14 heteroatoms. The largest absolute Gasteiger partial charge is 0.379 e. The molecule has 1 saturated heterocycles. The molecule has 282 valence electrons. The third-order valence-electron chi connectivity index (χ3n) is 11.1. The lowest BCUT2D eigenvalue weighted by Crippen LogP contribution is -2.51. The van der Waals surface area contributed by atoms with Gasteiger partial charge >= 0.3 is 0 Å². The maximum atomic E-state index is 16.3. The van der Waals surface area contributed by atoms with Gasteiger partial charge in [0, 0.05) is 60.3 Å². The number of aromatic nitrogens is 4. The monoisotopic (exact) mass is 744 g/mol. The number of likely N-dealkylation sites (N-methyl/N-ethyl adjacent to an activating group) is 1. The first-order valence-corrected chi connectivity index (χ1v) is 26.2. The van der Waals surface area contributed by atoms with Crippen LogP contribution < -0.4 is 4.90 Å². The van der Waals surface area contributed by atoms with E-state index in [2.05, 4.69) is 46.2 Å². The van der Waals surface area contributed by atoms with Gasteiger partial charge in [0.2, 0.25) is 5.91 Å². The number of rotatable bonds is 15. The van der Waals surface area contributed by atoms with Crippen LogP contribution in [0.3, 0.4) is 0 Å². The molecule has 2 aliphatic carbocycles. The van der Waals surface area contributed by atoms with Gasteiger partial charge in [-0.05, 0) is 62.6 Å². The molecule has 1 aliphatic heterocycles. The molecule has 2 aromatic heterocycles. The lowest BCUT2D eigenvalue weighted by atomic mass is 9.87. The highest BCUT2D eigenvalue weighted by molar-refractivity contribution is 6.76. The molecule has 3 aliphatic rings. The summed E-state index contributed by atoms with van der Waals surface area (Å²) in [5, 5.41) is 5.11. The molecule has 1 aromatic carbocycles. The van der Waals surface area contributed by atoms with Crippen molar-refractivity contribution < 1.29 is 27.8 Å². The smallest absolute Gasteiger partial charge is 0.244 e. The Balaban J connectivity index is 1.42. The molecule has 3 atom stereocenters. The number of morpholine rings is 1. The van der Waals surface area contributed by atoms with Crippen molar-refractivity contribution in [1.82, 2.24) is 24.2 Å². The molecule has 3 aromatic rings. The van der Waals surface area contributed by atoms with Gasteiger partial charge in [0.05, 0.1) is 30.5 Å². The van der Waals surface area contributed by atoms with Crippen molar-refractivity contribution in [3.05, 3.63) is 29.0 Å². The number of hydrogen-bond acceptors (Lipinski definition) is 7. The highest BCUT2D eigenvalue weighted by Crippen LogP contribution is 2.60. The van der Waals surface area contributed by atoms with Crippen molar-refractivity contribution in [1.29, 1.82) is 0 Å². The molecule has 0 N–H and O–H groups in total. The second-order valence-electron chi connectivity index (χ2n) is 17.6. The van der Waals surface area contributed by atoms with Crippen LogP contribution in [0.25, 0.3) is 22.6 Å². The summed E-state index contributed by atoms with van der Waals surface area (Å²) in [6.45, 7) is 23.9. The maximum absolute atomic E-state index is 16.3. The van der Waals surface area contributed by atoms with E-state index in [9.17, 15) is 4.79 Å². The number of carbonyl (C=O) groups excluding carboxylic acids is 1. The molecule has 0 radical (unpaired) electrons. The van der Waals surface area contributed by atoms with Gasteiger partial charge in [0.15, 0.2) is 17.5 Å². The van der Waals surface area contributed by atoms with E-state index in [1.54, 1.807) is 13.0 Å². The lowest BCUT2D eigenvalue weighted by molar-refractivity contribution is -0.124. The first-order valence-electron chi connectivity index (χ1n) is 18.8. The van der Waals surface area contributed by atoms with Gasteiger partial charge in [-0.2, -0.15) is 5.10 Å². The van der Waals surface area contributed by atoms with E-state index < -0.39 is 33.8 Å². The fourth-order valence-corrected chi connectivity index (χ4v) is 8.96. The SMILES string of the molecule is CCN(C(=O)[C@H](C)N1CCOCC1)c1cc2c(nc(-c3nn(COCC[Si](C)(C)C)c4c3C[C@@H]3C[C@]3(C)C4)n2COCC[Si](C)(C)C)c(F)c1F. The van der Waals surface area contributed by atoms with E-state index in [-0.39, 0.29) is 35.8 Å². The predicted octanol–water partition coefficient (Wildman–Crippen LogP) is 7.00. The first kappa shape index (κ1) is 38.2. The summed E-state index contributed by atoms with van der Waals surface area (Å²) < 4.78 is 54.2.